The van der Waals surface area contributed by atoms with E-state index in [1.54, 1.807) is 24.3 Å². The fourth-order valence-electron chi connectivity index (χ4n) is 2.17. The van der Waals surface area contributed by atoms with Gasteiger partial charge in [-0.05, 0) is 47.9 Å². The number of hydrogen-bond acceptors (Lipinski definition) is 4. The Balaban J connectivity index is 2.12. The van der Waals surface area contributed by atoms with Crippen molar-refractivity contribution >= 4 is 23.6 Å². The predicted octanol–water partition coefficient (Wildman–Crippen LogP) is 3.58. The van der Waals surface area contributed by atoms with Crippen LogP contribution in [0.25, 0.3) is 6.08 Å². The number of nitrogens with one attached hydrogen (secondary N) is 1. The van der Waals surface area contributed by atoms with Crippen LogP contribution in [0, 0.1) is 11.3 Å². The minimum absolute atomic E-state index is 0.00120. The number of anilines is 1. The van der Waals surface area contributed by atoms with Gasteiger partial charge in [0.25, 0.3) is 5.91 Å². The molecule has 2 rings (SSSR count). The fourth-order valence-corrected chi connectivity index (χ4v) is 2.17. The summed E-state index contributed by atoms with van der Waals surface area (Å²) in [6, 6.07) is 15.8. The average Bonchev–Trinajstić information content (AvgIpc) is 2.66. The van der Waals surface area contributed by atoms with E-state index in [-0.39, 0.29) is 5.57 Å². The summed E-state index contributed by atoms with van der Waals surface area (Å²) in [7, 11) is 1.30. The second kappa shape index (κ2) is 8.46. The third-order valence-corrected chi connectivity index (χ3v) is 3.63. The Kier molecular flexibility index (Phi) is 6.08. The van der Waals surface area contributed by atoms with E-state index in [4.69, 9.17) is 0 Å². The number of benzene rings is 2. The van der Waals surface area contributed by atoms with Crippen molar-refractivity contribution in [3.63, 3.8) is 0 Å². The van der Waals surface area contributed by atoms with Crippen molar-refractivity contribution < 1.29 is 14.3 Å². The SMILES string of the molecule is CCc1ccc(/C=C(/C#N)C(=O)Nc2ccc(C(=O)OC)cc2)cc1. The summed E-state index contributed by atoms with van der Waals surface area (Å²) in [4.78, 5) is 23.6. The number of carbonyl (C=O) groups is 2. The molecule has 0 aliphatic carbocycles. The minimum atomic E-state index is -0.507. The third-order valence-electron chi connectivity index (χ3n) is 3.63. The van der Waals surface area contributed by atoms with E-state index < -0.39 is 11.9 Å². The molecule has 5 nitrogen and oxygen atoms in total. The van der Waals surface area contributed by atoms with Crippen molar-refractivity contribution in [2.24, 2.45) is 0 Å². The quantitative estimate of drug-likeness (QED) is 0.515. The van der Waals surface area contributed by atoms with E-state index in [2.05, 4.69) is 17.0 Å². The van der Waals surface area contributed by atoms with Gasteiger partial charge in [0, 0.05) is 5.69 Å². The van der Waals surface area contributed by atoms with E-state index in [1.165, 1.54) is 18.7 Å². The monoisotopic (exact) mass is 334 g/mol. The first-order valence-corrected chi connectivity index (χ1v) is 7.77. The molecule has 0 aliphatic heterocycles. The lowest BCUT2D eigenvalue weighted by atomic mass is 10.1. The molecule has 0 radical (unpaired) electrons. The zero-order chi connectivity index (χ0) is 18.2. The summed E-state index contributed by atoms with van der Waals surface area (Å²) in [6.45, 7) is 2.06. The van der Waals surface area contributed by atoms with E-state index in [9.17, 15) is 14.9 Å². The standard InChI is InChI=1S/C20H18N2O3/c1-3-14-4-6-15(7-5-14)12-17(13-21)19(23)22-18-10-8-16(9-11-18)20(24)25-2/h4-12H,3H2,1-2H3,(H,22,23)/b17-12-. The molecule has 0 heterocycles. The van der Waals surface area contributed by atoms with Gasteiger partial charge in [0.05, 0.1) is 12.7 Å². The molecule has 0 bridgehead atoms. The fraction of sp³-hybridized carbons (Fsp3) is 0.150. The van der Waals surface area contributed by atoms with Crippen molar-refractivity contribution in [2.75, 3.05) is 12.4 Å². The van der Waals surface area contributed by atoms with Gasteiger partial charge in [-0.1, -0.05) is 31.2 Å². The van der Waals surface area contributed by atoms with Crippen molar-refractivity contribution in [3.8, 4) is 6.07 Å². The van der Waals surface area contributed by atoms with Gasteiger partial charge in [-0.2, -0.15) is 5.26 Å². The molecule has 5 heteroatoms. The van der Waals surface area contributed by atoms with Crippen LogP contribution in [0.4, 0.5) is 5.69 Å². The summed E-state index contributed by atoms with van der Waals surface area (Å²) in [5.74, 6) is -0.959. The lowest BCUT2D eigenvalue weighted by molar-refractivity contribution is -0.112. The molecule has 0 spiro atoms. The maximum Gasteiger partial charge on any atom is 0.337 e. The number of esters is 1. The lowest BCUT2D eigenvalue weighted by Gasteiger charge is -2.05. The maximum atomic E-state index is 12.3. The molecule has 2 aromatic rings. The Morgan fingerprint density at radius 1 is 1.12 bits per heavy atom. The summed E-state index contributed by atoms with van der Waals surface area (Å²) >= 11 is 0. The van der Waals surface area contributed by atoms with E-state index in [1.807, 2.05) is 30.3 Å². The number of methoxy groups -OCH3 is 1. The number of rotatable bonds is 5. The van der Waals surface area contributed by atoms with E-state index in [0.29, 0.717) is 11.3 Å². The van der Waals surface area contributed by atoms with Crippen molar-refractivity contribution in [3.05, 3.63) is 70.8 Å². The number of nitriles is 1. The van der Waals surface area contributed by atoms with Crippen molar-refractivity contribution in [1.82, 2.24) is 0 Å². The second-order valence-electron chi connectivity index (χ2n) is 5.29. The molecule has 0 aromatic heterocycles. The van der Waals surface area contributed by atoms with E-state index in [0.717, 1.165) is 12.0 Å². The molecule has 1 N–H and O–H groups in total. The van der Waals surface area contributed by atoms with Crippen LogP contribution >= 0.6 is 0 Å². The van der Waals surface area contributed by atoms with Gasteiger partial charge in [0.15, 0.2) is 0 Å². The minimum Gasteiger partial charge on any atom is -0.465 e. The highest BCUT2D eigenvalue weighted by Crippen LogP contribution is 2.14. The lowest BCUT2D eigenvalue weighted by Crippen LogP contribution is -2.13. The van der Waals surface area contributed by atoms with Gasteiger partial charge in [-0.3, -0.25) is 4.79 Å². The summed E-state index contributed by atoms with van der Waals surface area (Å²) in [5.41, 5.74) is 2.84. The molecule has 2 aromatic carbocycles. The van der Waals surface area contributed by atoms with Gasteiger partial charge in [0.1, 0.15) is 11.6 Å². The van der Waals surface area contributed by atoms with Crippen molar-refractivity contribution in [2.45, 2.75) is 13.3 Å². The van der Waals surface area contributed by atoms with Crippen LogP contribution in [0.3, 0.4) is 0 Å². The first-order valence-electron chi connectivity index (χ1n) is 7.77. The highest BCUT2D eigenvalue weighted by molar-refractivity contribution is 6.09. The number of hydrogen-bond donors (Lipinski definition) is 1. The zero-order valence-electron chi connectivity index (χ0n) is 14.1. The number of nitrogens with zero attached hydrogens (tertiary/aromatic N) is 1. The van der Waals surface area contributed by atoms with Gasteiger partial charge in [-0.25, -0.2) is 4.79 Å². The van der Waals surface area contributed by atoms with Crippen LogP contribution in [0.2, 0.25) is 0 Å². The van der Waals surface area contributed by atoms with Crippen LogP contribution in [0.1, 0.15) is 28.4 Å². The maximum absolute atomic E-state index is 12.3. The molecule has 1 amide bonds. The summed E-state index contributed by atoms with van der Waals surface area (Å²) < 4.78 is 4.62. The molecule has 25 heavy (non-hydrogen) atoms. The first-order chi connectivity index (χ1) is 12.1. The smallest absolute Gasteiger partial charge is 0.337 e. The Morgan fingerprint density at radius 2 is 1.76 bits per heavy atom. The molecule has 0 unspecified atom stereocenters. The normalized spacial score (nSPS) is 10.7. The highest BCUT2D eigenvalue weighted by atomic mass is 16.5. The second-order valence-corrected chi connectivity index (χ2v) is 5.29. The summed E-state index contributed by atoms with van der Waals surface area (Å²) in [6.07, 6.45) is 2.47. The van der Waals surface area contributed by atoms with Crippen molar-refractivity contribution in [1.29, 1.82) is 5.26 Å². The van der Waals surface area contributed by atoms with E-state index >= 15 is 0 Å². The number of ether oxygens (including phenoxy) is 1. The van der Waals surface area contributed by atoms with Gasteiger partial charge in [0.2, 0.25) is 0 Å². The highest BCUT2D eigenvalue weighted by Gasteiger charge is 2.10. The topological polar surface area (TPSA) is 79.2 Å². The first kappa shape index (κ1) is 18.0. The molecule has 0 saturated carbocycles. The van der Waals surface area contributed by atoms with Crippen LogP contribution in [-0.2, 0) is 16.0 Å². The van der Waals surface area contributed by atoms with Crippen LogP contribution in [-0.4, -0.2) is 19.0 Å². The molecular weight excluding hydrogens is 316 g/mol. The molecule has 0 saturated heterocycles. The third kappa shape index (κ3) is 4.79. The molecular formula is C20H18N2O3. The molecule has 126 valence electrons. The van der Waals surface area contributed by atoms with Crippen LogP contribution in [0.15, 0.2) is 54.1 Å². The zero-order valence-corrected chi connectivity index (χ0v) is 14.1. The van der Waals surface area contributed by atoms with Crippen LogP contribution in [0.5, 0.6) is 0 Å². The van der Waals surface area contributed by atoms with Gasteiger partial charge in [-0.15, -0.1) is 0 Å². The Morgan fingerprint density at radius 3 is 2.28 bits per heavy atom. The number of carbonyl (C=O) groups excluding carboxylic acids is 2. The number of amides is 1. The Bertz CT molecular complexity index is 829. The van der Waals surface area contributed by atoms with Gasteiger partial charge >= 0.3 is 5.97 Å². The van der Waals surface area contributed by atoms with Crippen LogP contribution < -0.4 is 5.32 Å². The molecule has 0 fully saturated rings. The largest absolute Gasteiger partial charge is 0.465 e. The van der Waals surface area contributed by atoms with Gasteiger partial charge < -0.3 is 10.1 Å². The Labute approximate surface area is 146 Å². The summed E-state index contributed by atoms with van der Waals surface area (Å²) in [5, 5.41) is 11.9. The Hall–Kier alpha value is -3.39. The predicted molar refractivity (Wildman–Crippen MR) is 95.8 cm³/mol. The molecule has 0 atom stereocenters. The number of aryl methyl sites for hydroxylation is 1. The molecule has 0 aliphatic rings. The average molecular weight is 334 g/mol.